The Morgan fingerprint density at radius 1 is 1.13 bits per heavy atom. The minimum Gasteiger partial charge on any atom is -0.373 e. The molecule has 23 heavy (non-hydrogen) atoms. The summed E-state index contributed by atoms with van der Waals surface area (Å²) in [5, 5.41) is 3.41. The van der Waals surface area contributed by atoms with Crippen LogP contribution in [0.2, 0.25) is 0 Å². The van der Waals surface area contributed by atoms with Crippen molar-refractivity contribution in [2.24, 2.45) is 0 Å². The predicted molar refractivity (Wildman–Crippen MR) is 91.0 cm³/mol. The van der Waals surface area contributed by atoms with Crippen molar-refractivity contribution in [2.75, 3.05) is 25.4 Å². The Balaban J connectivity index is 1.49. The molecule has 1 aliphatic carbocycles. The Morgan fingerprint density at radius 2 is 1.70 bits per heavy atom. The third-order valence-electron chi connectivity index (χ3n) is 4.62. The van der Waals surface area contributed by atoms with Crippen LogP contribution in [0.3, 0.4) is 0 Å². The molecule has 2 atom stereocenters. The van der Waals surface area contributed by atoms with E-state index in [4.69, 9.17) is 4.74 Å². The first-order valence-electron chi connectivity index (χ1n) is 8.37. The fraction of sp³-hybridized carbons (Fsp3) is 0.647. The zero-order chi connectivity index (χ0) is 16.4. The van der Waals surface area contributed by atoms with Crippen molar-refractivity contribution in [3.8, 4) is 0 Å². The van der Waals surface area contributed by atoms with Gasteiger partial charge in [-0.3, -0.25) is 0 Å². The largest absolute Gasteiger partial charge is 0.373 e. The average molecular weight is 338 g/mol. The highest BCUT2D eigenvalue weighted by molar-refractivity contribution is 7.89. The van der Waals surface area contributed by atoms with Crippen LogP contribution in [0, 0.1) is 0 Å². The van der Waals surface area contributed by atoms with E-state index in [1.54, 1.807) is 4.31 Å². The van der Waals surface area contributed by atoms with Crippen LogP contribution < -0.4 is 5.32 Å². The summed E-state index contributed by atoms with van der Waals surface area (Å²) in [4.78, 5) is 0. The summed E-state index contributed by atoms with van der Waals surface area (Å²) >= 11 is 0. The summed E-state index contributed by atoms with van der Waals surface area (Å²) in [6.45, 7) is 5.27. The van der Waals surface area contributed by atoms with Crippen LogP contribution in [0.15, 0.2) is 24.3 Å². The summed E-state index contributed by atoms with van der Waals surface area (Å²) in [5.74, 6) is 0.152. The Morgan fingerprint density at radius 3 is 2.26 bits per heavy atom. The minimum atomic E-state index is -3.22. The molecule has 0 radical (unpaired) electrons. The van der Waals surface area contributed by atoms with Crippen LogP contribution in [-0.2, 0) is 27.6 Å². The molecule has 128 valence electrons. The number of hydrogen-bond acceptors (Lipinski definition) is 4. The molecule has 1 fully saturated rings. The second-order valence-corrected chi connectivity index (χ2v) is 8.81. The maximum Gasteiger partial charge on any atom is 0.215 e. The minimum absolute atomic E-state index is 0.0363. The molecule has 0 saturated carbocycles. The van der Waals surface area contributed by atoms with Gasteiger partial charge in [0.05, 0.1) is 18.0 Å². The van der Waals surface area contributed by atoms with Crippen molar-refractivity contribution in [2.45, 2.75) is 44.9 Å². The van der Waals surface area contributed by atoms with Gasteiger partial charge in [-0.15, -0.1) is 0 Å². The first-order valence-corrected chi connectivity index (χ1v) is 9.98. The molecule has 5 nitrogen and oxygen atoms in total. The van der Waals surface area contributed by atoms with Gasteiger partial charge in [0, 0.05) is 25.7 Å². The van der Waals surface area contributed by atoms with Gasteiger partial charge in [-0.25, -0.2) is 8.42 Å². The number of benzene rings is 1. The molecule has 1 aromatic carbocycles. The van der Waals surface area contributed by atoms with Gasteiger partial charge in [0.1, 0.15) is 0 Å². The lowest BCUT2D eigenvalue weighted by Crippen LogP contribution is -2.49. The Kier molecular flexibility index (Phi) is 5.06. The number of nitrogens with zero attached hydrogens (tertiary/aromatic N) is 1. The molecule has 2 unspecified atom stereocenters. The lowest BCUT2D eigenvalue weighted by atomic mass is 10.1. The van der Waals surface area contributed by atoms with E-state index in [1.807, 2.05) is 13.8 Å². The van der Waals surface area contributed by atoms with Crippen LogP contribution in [0.25, 0.3) is 0 Å². The highest BCUT2D eigenvalue weighted by Crippen LogP contribution is 2.21. The van der Waals surface area contributed by atoms with E-state index in [-0.39, 0.29) is 18.0 Å². The molecule has 1 aliphatic heterocycles. The molecule has 1 N–H and O–H groups in total. The van der Waals surface area contributed by atoms with Gasteiger partial charge in [-0.05, 0) is 37.8 Å². The van der Waals surface area contributed by atoms with Gasteiger partial charge in [0.15, 0.2) is 0 Å². The van der Waals surface area contributed by atoms with Crippen LogP contribution in [0.4, 0.5) is 0 Å². The van der Waals surface area contributed by atoms with Crippen LogP contribution >= 0.6 is 0 Å². The van der Waals surface area contributed by atoms with Crippen molar-refractivity contribution in [3.63, 3.8) is 0 Å². The van der Waals surface area contributed by atoms with E-state index in [9.17, 15) is 8.42 Å². The van der Waals surface area contributed by atoms with Crippen molar-refractivity contribution < 1.29 is 13.2 Å². The number of hydrogen-bond donors (Lipinski definition) is 1. The SMILES string of the molecule is CC1CN(S(=O)(=O)CCNC2Cc3ccccc3C2)CC(C)O1. The predicted octanol–water partition coefficient (Wildman–Crippen LogP) is 1.18. The van der Waals surface area contributed by atoms with E-state index >= 15 is 0 Å². The van der Waals surface area contributed by atoms with Gasteiger partial charge in [0.25, 0.3) is 0 Å². The lowest BCUT2D eigenvalue weighted by Gasteiger charge is -2.34. The molecule has 0 aromatic heterocycles. The Hall–Kier alpha value is -0.950. The highest BCUT2D eigenvalue weighted by atomic mass is 32.2. The molecule has 6 heteroatoms. The molecule has 1 saturated heterocycles. The number of fused-ring (bicyclic) bond motifs is 1. The third-order valence-corrected chi connectivity index (χ3v) is 6.43. The maximum absolute atomic E-state index is 12.5. The van der Waals surface area contributed by atoms with Crippen molar-refractivity contribution in [3.05, 3.63) is 35.4 Å². The smallest absolute Gasteiger partial charge is 0.215 e. The number of ether oxygens (including phenoxy) is 1. The first-order chi connectivity index (χ1) is 10.9. The lowest BCUT2D eigenvalue weighted by molar-refractivity contribution is -0.0440. The normalized spacial score (nSPS) is 26.3. The molecule has 1 aromatic rings. The zero-order valence-electron chi connectivity index (χ0n) is 13.9. The summed E-state index contributed by atoms with van der Waals surface area (Å²) in [7, 11) is -3.22. The summed E-state index contributed by atoms with van der Waals surface area (Å²) in [6.07, 6.45) is 1.90. The number of sulfonamides is 1. The van der Waals surface area contributed by atoms with Crippen molar-refractivity contribution in [1.29, 1.82) is 0 Å². The fourth-order valence-corrected chi connectivity index (χ4v) is 5.09. The summed E-state index contributed by atoms with van der Waals surface area (Å²) in [5.41, 5.74) is 2.76. The third kappa shape index (κ3) is 4.12. The Labute approximate surface area is 139 Å². The van der Waals surface area contributed by atoms with Gasteiger partial charge in [0.2, 0.25) is 10.0 Å². The molecule has 0 spiro atoms. The zero-order valence-corrected chi connectivity index (χ0v) is 14.7. The van der Waals surface area contributed by atoms with Gasteiger partial charge < -0.3 is 10.1 Å². The van der Waals surface area contributed by atoms with Crippen molar-refractivity contribution >= 4 is 10.0 Å². The quantitative estimate of drug-likeness (QED) is 0.876. The summed E-state index contributed by atoms with van der Waals surface area (Å²) in [6, 6.07) is 8.79. The molecule has 1 heterocycles. The first kappa shape index (κ1) is 16.9. The molecular weight excluding hydrogens is 312 g/mol. The molecule has 0 amide bonds. The van der Waals surface area contributed by atoms with E-state index in [0.29, 0.717) is 25.7 Å². The molecular formula is C17H26N2O3S. The van der Waals surface area contributed by atoms with Crippen LogP contribution in [-0.4, -0.2) is 56.4 Å². The molecule has 2 aliphatic rings. The van der Waals surface area contributed by atoms with E-state index in [1.165, 1.54) is 11.1 Å². The standard InChI is InChI=1S/C17H26N2O3S/c1-13-11-19(12-14(2)22-13)23(20,21)8-7-18-17-9-15-5-3-4-6-16(15)10-17/h3-6,13-14,17-18H,7-12H2,1-2H3. The van der Waals surface area contributed by atoms with Gasteiger partial charge in [-0.2, -0.15) is 4.31 Å². The fourth-order valence-electron chi connectivity index (χ4n) is 3.58. The van der Waals surface area contributed by atoms with E-state index in [2.05, 4.69) is 29.6 Å². The highest BCUT2D eigenvalue weighted by Gasteiger charge is 2.31. The summed E-state index contributed by atoms with van der Waals surface area (Å²) < 4.78 is 32.2. The number of rotatable bonds is 5. The van der Waals surface area contributed by atoms with Crippen LogP contribution in [0.1, 0.15) is 25.0 Å². The number of nitrogens with one attached hydrogen (secondary N) is 1. The molecule has 3 rings (SSSR count). The second kappa shape index (κ2) is 6.89. The van der Waals surface area contributed by atoms with Gasteiger partial charge in [-0.1, -0.05) is 24.3 Å². The van der Waals surface area contributed by atoms with E-state index in [0.717, 1.165) is 12.8 Å². The van der Waals surface area contributed by atoms with Crippen LogP contribution in [0.5, 0.6) is 0 Å². The van der Waals surface area contributed by atoms with Gasteiger partial charge >= 0.3 is 0 Å². The second-order valence-electron chi connectivity index (χ2n) is 6.72. The average Bonchev–Trinajstić information content (AvgIpc) is 2.88. The topological polar surface area (TPSA) is 58.6 Å². The van der Waals surface area contributed by atoms with E-state index < -0.39 is 10.0 Å². The molecule has 0 bridgehead atoms. The number of morpholine rings is 1. The monoisotopic (exact) mass is 338 g/mol. The Bertz CT molecular complexity index is 612. The van der Waals surface area contributed by atoms with Crippen molar-refractivity contribution in [1.82, 2.24) is 9.62 Å². The maximum atomic E-state index is 12.5.